The number of carbonyl (C=O) groups excluding carboxylic acids is 3. The van der Waals surface area contributed by atoms with Crippen molar-refractivity contribution in [1.82, 2.24) is 20.9 Å². The highest BCUT2D eigenvalue weighted by atomic mass is 19.1. The number of ether oxygens (including phenoxy) is 1. The zero-order valence-electron chi connectivity index (χ0n) is 23.3. The molecule has 3 amide bonds. The molecule has 0 spiro atoms. The number of para-hydroxylation sites is 1. The van der Waals surface area contributed by atoms with Gasteiger partial charge in [0.1, 0.15) is 30.3 Å². The Hall–Kier alpha value is -3.46. The molecular formula is C30H41FN4O4. The summed E-state index contributed by atoms with van der Waals surface area (Å²) < 4.78 is 19.5. The third kappa shape index (κ3) is 8.51. The van der Waals surface area contributed by atoms with E-state index in [0.29, 0.717) is 38.1 Å². The first-order chi connectivity index (χ1) is 18.7. The van der Waals surface area contributed by atoms with Crippen molar-refractivity contribution in [2.45, 2.75) is 64.6 Å². The molecule has 4 atom stereocenters. The third-order valence-corrected chi connectivity index (χ3v) is 7.39. The molecule has 0 aromatic heterocycles. The van der Waals surface area contributed by atoms with Gasteiger partial charge in [-0.2, -0.15) is 0 Å². The molecule has 3 rings (SSSR count). The monoisotopic (exact) mass is 540 g/mol. The van der Waals surface area contributed by atoms with Crippen LogP contribution in [-0.4, -0.2) is 67.5 Å². The van der Waals surface area contributed by atoms with Crippen molar-refractivity contribution in [2.75, 3.05) is 26.7 Å². The molecule has 0 saturated carbocycles. The smallest absolute Gasteiger partial charge is 0.243 e. The molecular weight excluding hydrogens is 499 g/mol. The van der Waals surface area contributed by atoms with Crippen molar-refractivity contribution in [3.63, 3.8) is 0 Å². The second kappa shape index (κ2) is 14.6. The fourth-order valence-corrected chi connectivity index (χ4v) is 4.55. The number of nitrogens with zero attached hydrogens (tertiary/aromatic N) is 1. The Morgan fingerprint density at radius 2 is 1.77 bits per heavy atom. The van der Waals surface area contributed by atoms with Crippen LogP contribution >= 0.6 is 0 Å². The van der Waals surface area contributed by atoms with E-state index in [9.17, 15) is 18.8 Å². The molecule has 0 unspecified atom stereocenters. The van der Waals surface area contributed by atoms with Gasteiger partial charge < -0.3 is 25.6 Å². The topological polar surface area (TPSA) is 99.8 Å². The van der Waals surface area contributed by atoms with Crippen LogP contribution in [-0.2, 0) is 27.2 Å². The molecule has 0 fully saturated rings. The Kier molecular flexibility index (Phi) is 11.3. The molecule has 1 aliphatic heterocycles. The SMILES string of the molecule is CC[C@H](C)[C@@H]1NCCOc2ccccc2CCCNC(=O)[C@@H](Cc2ccc(F)cc2)NC(=O)[C@@H](C)N(C)C1=O. The number of aryl methyl sites for hydroxylation is 1. The van der Waals surface area contributed by atoms with Crippen LogP contribution < -0.4 is 20.7 Å². The quantitative estimate of drug-likeness (QED) is 0.554. The summed E-state index contributed by atoms with van der Waals surface area (Å²) >= 11 is 0. The molecule has 39 heavy (non-hydrogen) atoms. The van der Waals surface area contributed by atoms with E-state index in [-0.39, 0.29) is 30.0 Å². The number of fused-ring (bicyclic) bond motifs is 1. The average molecular weight is 541 g/mol. The van der Waals surface area contributed by atoms with E-state index in [0.717, 1.165) is 17.7 Å². The number of carbonyl (C=O) groups is 3. The first-order valence-electron chi connectivity index (χ1n) is 13.7. The van der Waals surface area contributed by atoms with Crippen LogP contribution in [0.5, 0.6) is 5.75 Å². The van der Waals surface area contributed by atoms with Gasteiger partial charge >= 0.3 is 0 Å². The van der Waals surface area contributed by atoms with Crippen molar-refractivity contribution in [3.8, 4) is 5.75 Å². The molecule has 8 nitrogen and oxygen atoms in total. The molecule has 2 aromatic rings. The number of amides is 3. The van der Waals surface area contributed by atoms with E-state index in [1.165, 1.54) is 17.0 Å². The lowest BCUT2D eigenvalue weighted by Crippen LogP contribution is -2.57. The summed E-state index contributed by atoms with van der Waals surface area (Å²) in [5.74, 6) is -0.532. The predicted molar refractivity (Wildman–Crippen MR) is 149 cm³/mol. The third-order valence-electron chi connectivity index (χ3n) is 7.39. The minimum atomic E-state index is -0.882. The van der Waals surface area contributed by atoms with Crippen LogP contribution in [0, 0.1) is 11.7 Å². The summed E-state index contributed by atoms with van der Waals surface area (Å²) in [5.41, 5.74) is 1.75. The van der Waals surface area contributed by atoms with Gasteiger partial charge in [-0.25, -0.2) is 4.39 Å². The highest BCUT2D eigenvalue weighted by molar-refractivity contribution is 5.93. The van der Waals surface area contributed by atoms with Crippen molar-refractivity contribution in [2.24, 2.45) is 5.92 Å². The Balaban J connectivity index is 1.85. The summed E-state index contributed by atoms with van der Waals surface area (Å²) in [6, 6.07) is 11.5. The Labute approximate surface area is 230 Å². The molecule has 3 N–H and O–H groups in total. The lowest BCUT2D eigenvalue weighted by Gasteiger charge is -2.32. The van der Waals surface area contributed by atoms with Gasteiger partial charge in [0.2, 0.25) is 17.7 Å². The number of hydrogen-bond acceptors (Lipinski definition) is 5. The number of benzene rings is 2. The maximum atomic E-state index is 13.5. The molecule has 1 aliphatic rings. The number of rotatable bonds is 4. The van der Waals surface area contributed by atoms with Gasteiger partial charge in [0.05, 0.1) is 6.04 Å². The van der Waals surface area contributed by atoms with E-state index in [4.69, 9.17) is 4.74 Å². The first kappa shape index (κ1) is 30.1. The maximum absolute atomic E-state index is 13.5. The fraction of sp³-hybridized carbons (Fsp3) is 0.500. The second-order valence-electron chi connectivity index (χ2n) is 10.2. The van der Waals surface area contributed by atoms with E-state index in [2.05, 4.69) is 16.0 Å². The minimum Gasteiger partial charge on any atom is -0.492 e. The largest absolute Gasteiger partial charge is 0.492 e. The van der Waals surface area contributed by atoms with Gasteiger partial charge in [-0.3, -0.25) is 14.4 Å². The minimum absolute atomic E-state index is 0.0325. The zero-order valence-corrected chi connectivity index (χ0v) is 23.3. The maximum Gasteiger partial charge on any atom is 0.243 e. The molecule has 0 bridgehead atoms. The van der Waals surface area contributed by atoms with Crippen LogP contribution in [0.1, 0.15) is 44.7 Å². The van der Waals surface area contributed by atoms with Crippen molar-refractivity contribution < 1.29 is 23.5 Å². The summed E-state index contributed by atoms with van der Waals surface area (Å²) in [6.45, 7) is 6.94. The average Bonchev–Trinajstić information content (AvgIpc) is 2.94. The van der Waals surface area contributed by atoms with E-state index < -0.39 is 24.0 Å². The van der Waals surface area contributed by atoms with Gasteiger partial charge in [0, 0.05) is 26.6 Å². The predicted octanol–water partition coefficient (Wildman–Crippen LogP) is 2.85. The summed E-state index contributed by atoms with van der Waals surface area (Å²) in [6.07, 6.45) is 2.36. The summed E-state index contributed by atoms with van der Waals surface area (Å²) in [7, 11) is 1.60. The molecule has 2 aromatic carbocycles. The fourth-order valence-electron chi connectivity index (χ4n) is 4.55. The molecule has 212 valence electrons. The standard InChI is InChI=1S/C30H41FN4O4/c1-5-20(2)27-30(38)35(4)21(3)28(36)34-25(19-22-12-14-24(31)15-13-22)29(37)33-16-8-10-23-9-6-7-11-26(23)39-18-17-32-27/h6-7,9,11-15,20-21,25,27,32H,5,8,10,16-19H2,1-4H3,(H,33,37)(H,34,36)/t20-,21+,25+,27-/m0/s1. The zero-order chi connectivity index (χ0) is 28.4. The van der Waals surface area contributed by atoms with Crippen LogP contribution in [0.2, 0.25) is 0 Å². The number of nitrogens with one attached hydrogen (secondary N) is 3. The normalized spacial score (nSPS) is 22.9. The van der Waals surface area contributed by atoms with Crippen molar-refractivity contribution in [3.05, 3.63) is 65.5 Å². The summed E-state index contributed by atoms with van der Waals surface area (Å²) in [4.78, 5) is 41.4. The van der Waals surface area contributed by atoms with Crippen LogP contribution in [0.4, 0.5) is 4.39 Å². The highest BCUT2D eigenvalue weighted by Gasteiger charge is 2.32. The van der Waals surface area contributed by atoms with Crippen molar-refractivity contribution >= 4 is 17.7 Å². The number of likely N-dealkylation sites (N-methyl/N-ethyl adjacent to an activating group) is 1. The van der Waals surface area contributed by atoms with Crippen LogP contribution in [0.15, 0.2) is 48.5 Å². The Morgan fingerprint density at radius 3 is 2.49 bits per heavy atom. The van der Waals surface area contributed by atoms with Gasteiger partial charge in [0.15, 0.2) is 0 Å². The lowest BCUT2D eigenvalue weighted by atomic mass is 9.97. The van der Waals surface area contributed by atoms with Gasteiger partial charge in [-0.05, 0) is 55.0 Å². The van der Waals surface area contributed by atoms with Crippen LogP contribution in [0.3, 0.4) is 0 Å². The van der Waals surface area contributed by atoms with E-state index in [1.807, 2.05) is 38.1 Å². The van der Waals surface area contributed by atoms with Gasteiger partial charge in [-0.15, -0.1) is 0 Å². The summed E-state index contributed by atoms with van der Waals surface area (Å²) in [5, 5.41) is 9.09. The molecule has 0 radical (unpaired) electrons. The lowest BCUT2D eigenvalue weighted by molar-refractivity contribution is -0.141. The molecule has 0 saturated heterocycles. The second-order valence-corrected chi connectivity index (χ2v) is 10.2. The molecule has 9 heteroatoms. The number of hydrogen-bond donors (Lipinski definition) is 3. The van der Waals surface area contributed by atoms with E-state index >= 15 is 0 Å². The van der Waals surface area contributed by atoms with Gasteiger partial charge in [-0.1, -0.05) is 50.6 Å². The Morgan fingerprint density at radius 1 is 1.05 bits per heavy atom. The van der Waals surface area contributed by atoms with Crippen molar-refractivity contribution in [1.29, 1.82) is 0 Å². The highest BCUT2D eigenvalue weighted by Crippen LogP contribution is 2.20. The van der Waals surface area contributed by atoms with E-state index in [1.54, 1.807) is 26.1 Å². The molecule has 0 aliphatic carbocycles. The first-order valence-corrected chi connectivity index (χ1v) is 13.7. The Bertz CT molecular complexity index is 1110. The number of halogens is 1. The van der Waals surface area contributed by atoms with Gasteiger partial charge in [0.25, 0.3) is 0 Å². The van der Waals surface area contributed by atoms with Crippen LogP contribution in [0.25, 0.3) is 0 Å². The molecule has 1 heterocycles.